The molecule has 0 amide bonds. The molecule has 1 aliphatic heterocycles. The van der Waals surface area contributed by atoms with E-state index >= 15 is 0 Å². The predicted octanol–water partition coefficient (Wildman–Crippen LogP) is 2.46. The summed E-state index contributed by atoms with van der Waals surface area (Å²) in [5.41, 5.74) is 0.755. The molecular formula is C13H18F2N2O2. The van der Waals surface area contributed by atoms with Crippen LogP contribution in [0.3, 0.4) is 0 Å². The fourth-order valence-corrected chi connectivity index (χ4v) is 2.17. The van der Waals surface area contributed by atoms with E-state index in [4.69, 9.17) is 4.74 Å². The minimum atomic E-state index is -2.86. The summed E-state index contributed by atoms with van der Waals surface area (Å²) in [6, 6.07) is 5.27. The molecule has 1 atom stereocenters. The first-order valence-electron chi connectivity index (χ1n) is 6.29. The molecule has 0 bridgehead atoms. The van der Waals surface area contributed by atoms with Crippen LogP contribution in [0.25, 0.3) is 0 Å². The Morgan fingerprint density at radius 2 is 2.21 bits per heavy atom. The van der Waals surface area contributed by atoms with Crippen LogP contribution in [0.1, 0.15) is 12.8 Å². The van der Waals surface area contributed by atoms with Gasteiger partial charge in [0.05, 0.1) is 7.11 Å². The summed E-state index contributed by atoms with van der Waals surface area (Å²) in [6.45, 7) is -0.960. The Hall–Kier alpha value is -1.56. The highest BCUT2D eigenvalue weighted by molar-refractivity contribution is 5.55. The molecule has 4 nitrogen and oxygen atoms in total. The van der Waals surface area contributed by atoms with E-state index in [1.165, 1.54) is 7.11 Å². The van der Waals surface area contributed by atoms with Crippen LogP contribution in [0.2, 0.25) is 0 Å². The van der Waals surface area contributed by atoms with E-state index in [0.717, 1.165) is 31.6 Å². The molecule has 1 heterocycles. The molecule has 106 valence electrons. The summed E-state index contributed by atoms with van der Waals surface area (Å²) in [6.07, 6.45) is 2.16. The standard InChI is InChI=1S/C13H18F2N2O2/c1-18-11-5-4-9(7-12(11)19-13(14)15)17-10-3-2-6-16-8-10/h4-5,7,10,13,16-17H,2-3,6,8H2,1H3. The van der Waals surface area contributed by atoms with Crippen LogP contribution in [-0.4, -0.2) is 32.9 Å². The SMILES string of the molecule is COc1ccc(NC2CCCNC2)cc1OC(F)F. The van der Waals surface area contributed by atoms with Crippen molar-refractivity contribution in [1.82, 2.24) is 5.32 Å². The Kier molecular flexibility index (Phi) is 4.79. The number of anilines is 1. The highest BCUT2D eigenvalue weighted by Crippen LogP contribution is 2.31. The third kappa shape index (κ3) is 3.96. The van der Waals surface area contributed by atoms with E-state index in [0.29, 0.717) is 11.8 Å². The largest absolute Gasteiger partial charge is 0.493 e. The van der Waals surface area contributed by atoms with E-state index in [2.05, 4.69) is 15.4 Å². The zero-order valence-electron chi connectivity index (χ0n) is 10.8. The molecule has 0 spiro atoms. The van der Waals surface area contributed by atoms with Crippen molar-refractivity contribution in [3.8, 4) is 11.5 Å². The molecule has 2 N–H and O–H groups in total. The number of rotatable bonds is 5. The quantitative estimate of drug-likeness (QED) is 0.864. The van der Waals surface area contributed by atoms with Crippen LogP contribution >= 0.6 is 0 Å². The molecule has 0 saturated carbocycles. The second kappa shape index (κ2) is 6.56. The van der Waals surface area contributed by atoms with Crippen molar-refractivity contribution in [2.45, 2.75) is 25.5 Å². The number of hydrogen-bond donors (Lipinski definition) is 2. The maximum Gasteiger partial charge on any atom is 0.387 e. The lowest BCUT2D eigenvalue weighted by Gasteiger charge is -2.25. The van der Waals surface area contributed by atoms with Gasteiger partial charge in [0.2, 0.25) is 0 Å². The summed E-state index contributed by atoms with van der Waals surface area (Å²) in [4.78, 5) is 0. The molecule has 1 fully saturated rings. The van der Waals surface area contributed by atoms with Gasteiger partial charge in [-0.15, -0.1) is 0 Å². The summed E-state index contributed by atoms with van der Waals surface area (Å²) in [5.74, 6) is 0.346. The van der Waals surface area contributed by atoms with Crippen molar-refractivity contribution < 1.29 is 18.3 Å². The first-order chi connectivity index (χ1) is 9.19. The van der Waals surface area contributed by atoms with Crippen molar-refractivity contribution in [1.29, 1.82) is 0 Å². The number of benzene rings is 1. The minimum Gasteiger partial charge on any atom is -0.493 e. The fourth-order valence-electron chi connectivity index (χ4n) is 2.17. The Bertz CT molecular complexity index is 410. The topological polar surface area (TPSA) is 42.5 Å². The van der Waals surface area contributed by atoms with Crippen LogP contribution in [0.4, 0.5) is 14.5 Å². The van der Waals surface area contributed by atoms with Crippen LogP contribution in [0.15, 0.2) is 18.2 Å². The molecule has 1 aromatic carbocycles. The third-order valence-corrected chi connectivity index (χ3v) is 3.05. The van der Waals surface area contributed by atoms with E-state index in [-0.39, 0.29) is 5.75 Å². The van der Waals surface area contributed by atoms with Gasteiger partial charge in [-0.05, 0) is 31.5 Å². The third-order valence-electron chi connectivity index (χ3n) is 3.05. The van der Waals surface area contributed by atoms with Gasteiger partial charge in [0.1, 0.15) is 0 Å². The Labute approximate surface area is 111 Å². The van der Waals surface area contributed by atoms with Gasteiger partial charge < -0.3 is 20.1 Å². The molecule has 0 aliphatic carbocycles. The van der Waals surface area contributed by atoms with Crippen molar-refractivity contribution in [2.24, 2.45) is 0 Å². The van der Waals surface area contributed by atoms with Crippen LogP contribution in [-0.2, 0) is 0 Å². The monoisotopic (exact) mass is 272 g/mol. The molecule has 1 unspecified atom stereocenters. The highest BCUT2D eigenvalue weighted by atomic mass is 19.3. The van der Waals surface area contributed by atoms with Gasteiger partial charge >= 0.3 is 6.61 Å². The van der Waals surface area contributed by atoms with E-state index in [1.807, 2.05) is 0 Å². The Morgan fingerprint density at radius 1 is 1.37 bits per heavy atom. The molecule has 19 heavy (non-hydrogen) atoms. The molecule has 6 heteroatoms. The zero-order valence-corrected chi connectivity index (χ0v) is 10.8. The number of nitrogens with one attached hydrogen (secondary N) is 2. The molecular weight excluding hydrogens is 254 g/mol. The first-order valence-corrected chi connectivity index (χ1v) is 6.29. The summed E-state index contributed by atoms with van der Waals surface area (Å²) in [7, 11) is 1.42. The van der Waals surface area contributed by atoms with E-state index < -0.39 is 6.61 Å². The van der Waals surface area contributed by atoms with Crippen LogP contribution < -0.4 is 20.1 Å². The van der Waals surface area contributed by atoms with Gasteiger partial charge in [0, 0.05) is 24.3 Å². The van der Waals surface area contributed by atoms with Crippen molar-refractivity contribution >= 4 is 5.69 Å². The lowest BCUT2D eigenvalue weighted by Crippen LogP contribution is -2.38. The molecule has 1 saturated heterocycles. The number of methoxy groups -OCH3 is 1. The average molecular weight is 272 g/mol. The minimum absolute atomic E-state index is 0.0475. The van der Waals surface area contributed by atoms with Gasteiger partial charge in [-0.2, -0.15) is 8.78 Å². The molecule has 1 aliphatic rings. The highest BCUT2D eigenvalue weighted by Gasteiger charge is 2.15. The number of piperidine rings is 1. The molecule has 1 aromatic rings. The number of halogens is 2. The molecule has 0 aromatic heterocycles. The van der Waals surface area contributed by atoms with E-state index in [1.54, 1.807) is 18.2 Å². The predicted molar refractivity (Wildman–Crippen MR) is 69.1 cm³/mol. The number of alkyl halides is 2. The first kappa shape index (κ1) is 13.9. The number of ether oxygens (including phenoxy) is 2. The maximum atomic E-state index is 12.3. The smallest absolute Gasteiger partial charge is 0.387 e. The van der Waals surface area contributed by atoms with Gasteiger partial charge in [-0.25, -0.2) is 0 Å². The van der Waals surface area contributed by atoms with Gasteiger partial charge in [0.25, 0.3) is 0 Å². The molecule has 0 radical (unpaired) electrons. The lowest BCUT2D eigenvalue weighted by molar-refractivity contribution is -0.0511. The van der Waals surface area contributed by atoms with Crippen LogP contribution in [0.5, 0.6) is 11.5 Å². The van der Waals surface area contributed by atoms with Crippen molar-refractivity contribution in [2.75, 3.05) is 25.5 Å². The molecule has 2 rings (SSSR count). The van der Waals surface area contributed by atoms with Crippen molar-refractivity contribution in [3.63, 3.8) is 0 Å². The summed E-state index contributed by atoms with van der Waals surface area (Å²) >= 11 is 0. The summed E-state index contributed by atoms with van der Waals surface area (Å²) in [5, 5.41) is 6.59. The normalized spacial score (nSPS) is 19.3. The Morgan fingerprint density at radius 3 is 2.84 bits per heavy atom. The van der Waals surface area contributed by atoms with Gasteiger partial charge in [-0.1, -0.05) is 0 Å². The van der Waals surface area contributed by atoms with Crippen LogP contribution in [0, 0.1) is 0 Å². The number of hydrogen-bond acceptors (Lipinski definition) is 4. The summed E-state index contributed by atoms with van der Waals surface area (Å²) < 4.78 is 34.1. The second-order valence-corrected chi connectivity index (χ2v) is 4.43. The van der Waals surface area contributed by atoms with Crippen molar-refractivity contribution in [3.05, 3.63) is 18.2 Å². The van der Waals surface area contributed by atoms with Gasteiger partial charge in [-0.3, -0.25) is 0 Å². The zero-order chi connectivity index (χ0) is 13.7. The fraction of sp³-hybridized carbons (Fsp3) is 0.538. The van der Waals surface area contributed by atoms with E-state index in [9.17, 15) is 8.78 Å². The second-order valence-electron chi connectivity index (χ2n) is 4.43. The average Bonchev–Trinajstić information content (AvgIpc) is 2.39. The maximum absolute atomic E-state index is 12.3. The van der Waals surface area contributed by atoms with Gasteiger partial charge in [0.15, 0.2) is 11.5 Å². The lowest BCUT2D eigenvalue weighted by atomic mass is 10.1. The Balaban J connectivity index is 2.07.